The lowest BCUT2D eigenvalue weighted by molar-refractivity contribution is -0.145. The lowest BCUT2D eigenvalue weighted by Gasteiger charge is -2.36. The van der Waals surface area contributed by atoms with Crippen molar-refractivity contribution in [3.05, 3.63) is 35.4 Å². The zero-order chi connectivity index (χ0) is 24.8. The molecule has 188 valence electrons. The summed E-state index contributed by atoms with van der Waals surface area (Å²) in [6, 6.07) is 6.33. The van der Waals surface area contributed by atoms with E-state index < -0.39 is 42.5 Å². The number of nitrogens with one attached hydrogen (secondary N) is 2. The first-order valence-electron chi connectivity index (χ1n) is 12.1. The van der Waals surface area contributed by atoms with E-state index in [1.165, 1.54) is 0 Å². The van der Waals surface area contributed by atoms with Gasteiger partial charge in [0.25, 0.3) is 5.91 Å². The fourth-order valence-corrected chi connectivity index (χ4v) is 4.42. The summed E-state index contributed by atoms with van der Waals surface area (Å²) >= 11 is 0. The van der Waals surface area contributed by atoms with Crippen LogP contribution in [0.15, 0.2) is 24.3 Å². The molecule has 0 aromatic heterocycles. The van der Waals surface area contributed by atoms with Gasteiger partial charge >= 0.3 is 5.97 Å². The second-order valence-corrected chi connectivity index (χ2v) is 9.60. The Bertz CT molecular complexity index is 859. The van der Waals surface area contributed by atoms with Crippen LogP contribution in [0, 0.1) is 12.8 Å². The molecular weight excluding hydrogens is 438 g/mol. The number of hydrogen-bond acceptors (Lipinski definition) is 6. The number of carboxylic acid groups (broad SMARTS) is 1. The minimum absolute atomic E-state index is 0.0949. The van der Waals surface area contributed by atoms with E-state index in [1.54, 1.807) is 0 Å². The zero-order valence-electron chi connectivity index (χ0n) is 20.5. The summed E-state index contributed by atoms with van der Waals surface area (Å²) in [6.45, 7) is 9.11. The maximum atomic E-state index is 13.2. The lowest BCUT2D eigenvalue weighted by atomic mass is 10.0. The fourth-order valence-electron chi connectivity index (χ4n) is 4.42. The number of carbonyl (C=O) groups is 3. The largest absolute Gasteiger partial charge is 0.480 e. The van der Waals surface area contributed by atoms with Crippen molar-refractivity contribution in [1.82, 2.24) is 15.5 Å². The van der Waals surface area contributed by atoms with Gasteiger partial charge in [0.2, 0.25) is 5.91 Å². The van der Waals surface area contributed by atoms with Crippen LogP contribution < -0.4 is 10.6 Å². The first-order chi connectivity index (χ1) is 16.2. The van der Waals surface area contributed by atoms with Gasteiger partial charge in [-0.2, -0.15) is 0 Å². The van der Waals surface area contributed by atoms with Crippen molar-refractivity contribution in [2.24, 2.45) is 5.92 Å². The Morgan fingerprint density at radius 1 is 1.15 bits per heavy atom. The van der Waals surface area contributed by atoms with Crippen LogP contribution in [0.3, 0.4) is 0 Å². The number of carboxylic acids is 1. The van der Waals surface area contributed by atoms with E-state index in [0.29, 0.717) is 26.1 Å². The van der Waals surface area contributed by atoms with Gasteiger partial charge in [0.1, 0.15) is 18.2 Å². The van der Waals surface area contributed by atoms with Gasteiger partial charge in [-0.1, -0.05) is 57.0 Å². The molecule has 0 aliphatic carbocycles. The molecule has 2 aliphatic rings. The Kier molecular flexibility index (Phi) is 9.04. The molecule has 1 aromatic carbocycles. The highest BCUT2D eigenvalue weighted by atomic mass is 16.7. The van der Waals surface area contributed by atoms with Crippen molar-refractivity contribution in [3.63, 3.8) is 0 Å². The molecule has 5 atom stereocenters. The van der Waals surface area contributed by atoms with Crippen molar-refractivity contribution in [1.29, 1.82) is 0 Å². The Balaban J connectivity index is 1.74. The predicted octanol–water partition coefficient (Wildman–Crippen LogP) is 1.99. The maximum absolute atomic E-state index is 13.2. The Morgan fingerprint density at radius 2 is 1.85 bits per heavy atom. The minimum atomic E-state index is -1.08. The number of amides is 2. The second kappa shape index (κ2) is 11.8. The van der Waals surface area contributed by atoms with Crippen molar-refractivity contribution in [3.8, 4) is 0 Å². The fraction of sp³-hybridized carbons (Fsp3) is 0.640. The van der Waals surface area contributed by atoms with E-state index >= 15 is 0 Å². The number of aliphatic carboxylic acids is 1. The molecule has 9 nitrogen and oxygen atoms in total. The molecular formula is C25H37N3O6. The first-order valence-corrected chi connectivity index (χ1v) is 12.1. The summed E-state index contributed by atoms with van der Waals surface area (Å²) in [5.41, 5.74) is 1.97. The first kappa shape index (κ1) is 26.1. The van der Waals surface area contributed by atoms with Gasteiger partial charge in [-0.25, -0.2) is 4.79 Å². The summed E-state index contributed by atoms with van der Waals surface area (Å²) < 4.78 is 11.7. The summed E-state index contributed by atoms with van der Waals surface area (Å²) in [5.74, 6) is -1.56. The second-order valence-electron chi connectivity index (χ2n) is 9.60. The average molecular weight is 476 g/mol. The van der Waals surface area contributed by atoms with Crippen LogP contribution in [0.5, 0.6) is 0 Å². The molecule has 0 unspecified atom stereocenters. The molecule has 0 radical (unpaired) electrons. The number of rotatable bonds is 11. The van der Waals surface area contributed by atoms with E-state index in [2.05, 4.69) is 17.6 Å². The molecule has 34 heavy (non-hydrogen) atoms. The summed E-state index contributed by atoms with van der Waals surface area (Å²) in [4.78, 5) is 39.7. The number of nitrogens with zero attached hydrogens (tertiary/aromatic N) is 1. The number of aryl methyl sites for hydroxylation is 1. The molecule has 2 bridgehead atoms. The van der Waals surface area contributed by atoms with E-state index in [4.69, 9.17) is 9.47 Å². The SMILES string of the molecule is CCCCNC(=O)[C@H](c1ccc(C)cc1)N1C[C@H]2O[C@@H](C1)[C@@H](C(=O)N[C@@H](CC(C)C)C(=O)O)O2. The van der Waals surface area contributed by atoms with Crippen LogP contribution in [-0.2, 0) is 23.9 Å². The summed E-state index contributed by atoms with van der Waals surface area (Å²) in [7, 11) is 0. The average Bonchev–Trinajstić information content (AvgIpc) is 3.08. The highest BCUT2D eigenvalue weighted by molar-refractivity contribution is 5.87. The Hall–Kier alpha value is -2.49. The third-order valence-corrected chi connectivity index (χ3v) is 6.18. The monoisotopic (exact) mass is 475 g/mol. The van der Waals surface area contributed by atoms with Crippen LogP contribution in [0.4, 0.5) is 0 Å². The third-order valence-electron chi connectivity index (χ3n) is 6.18. The van der Waals surface area contributed by atoms with Crippen LogP contribution in [-0.4, -0.2) is 72.0 Å². The van der Waals surface area contributed by atoms with E-state index in [1.807, 2.05) is 49.9 Å². The minimum Gasteiger partial charge on any atom is -0.480 e. The standard InChI is InChI=1S/C25H37N3O6/c1-5-6-11-26-23(29)21(17-9-7-16(4)8-10-17)28-13-19-22(34-20(14-28)33-19)24(30)27-18(25(31)32)12-15(2)3/h7-10,15,18-22H,5-6,11-14H2,1-4H3,(H,26,29)(H,27,30)(H,31,32)/t18-,19-,20-,21-,22-/m0/s1. The van der Waals surface area contributed by atoms with E-state index in [9.17, 15) is 19.5 Å². The highest BCUT2D eigenvalue weighted by Crippen LogP contribution is 2.32. The molecule has 3 rings (SSSR count). The van der Waals surface area contributed by atoms with Crippen molar-refractivity contribution in [2.75, 3.05) is 19.6 Å². The van der Waals surface area contributed by atoms with E-state index in [-0.39, 0.29) is 11.8 Å². The van der Waals surface area contributed by atoms with Crippen LogP contribution >= 0.6 is 0 Å². The number of unbranched alkanes of at least 4 members (excludes halogenated alkanes) is 1. The van der Waals surface area contributed by atoms with Gasteiger partial charge in [0.05, 0.1) is 6.54 Å². The smallest absolute Gasteiger partial charge is 0.326 e. The Labute approximate surface area is 201 Å². The number of carbonyl (C=O) groups excluding carboxylic acids is 2. The number of fused-ring (bicyclic) bond motifs is 2. The predicted molar refractivity (Wildman–Crippen MR) is 126 cm³/mol. The molecule has 0 saturated carbocycles. The van der Waals surface area contributed by atoms with Gasteiger partial charge in [0.15, 0.2) is 12.4 Å². The number of hydrogen-bond donors (Lipinski definition) is 3. The van der Waals surface area contributed by atoms with Gasteiger partial charge in [-0.05, 0) is 31.2 Å². The van der Waals surface area contributed by atoms with Gasteiger partial charge in [-0.15, -0.1) is 0 Å². The number of ether oxygens (including phenoxy) is 2. The summed E-state index contributed by atoms with van der Waals surface area (Å²) in [5, 5.41) is 15.1. The van der Waals surface area contributed by atoms with Gasteiger partial charge < -0.3 is 25.2 Å². The zero-order valence-corrected chi connectivity index (χ0v) is 20.5. The van der Waals surface area contributed by atoms with E-state index in [0.717, 1.165) is 24.0 Å². The molecule has 9 heteroatoms. The third kappa shape index (κ3) is 6.55. The summed E-state index contributed by atoms with van der Waals surface area (Å²) in [6.07, 6.45) is 0.0135. The Morgan fingerprint density at radius 3 is 2.47 bits per heavy atom. The molecule has 0 spiro atoms. The number of morpholine rings is 1. The molecule has 2 aliphatic heterocycles. The van der Waals surface area contributed by atoms with Crippen molar-refractivity contribution >= 4 is 17.8 Å². The molecule has 3 N–H and O–H groups in total. The van der Waals surface area contributed by atoms with Crippen LogP contribution in [0.25, 0.3) is 0 Å². The van der Waals surface area contributed by atoms with Crippen LogP contribution in [0.2, 0.25) is 0 Å². The topological polar surface area (TPSA) is 117 Å². The van der Waals surface area contributed by atoms with Crippen molar-refractivity contribution < 1.29 is 29.0 Å². The molecule has 2 fully saturated rings. The number of benzene rings is 1. The molecule has 2 heterocycles. The molecule has 1 aromatic rings. The highest BCUT2D eigenvalue weighted by Gasteiger charge is 2.48. The maximum Gasteiger partial charge on any atom is 0.326 e. The molecule has 2 amide bonds. The van der Waals surface area contributed by atoms with Gasteiger partial charge in [0, 0.05) is 13.1 Å². The van der Waals surface area contributed by atoms with Gasteiger partial charge in [-0.3, -0.25) is 14.5 Å². The van der Waals surface area contributed by atoms with Crippen LogP contribution in [0.1, 0.15) is 57.2 Å². The quantitative estimate of drug-likeness (QED) is 0.419. The normalized spacial score (nSPS) is 24.0. The van der Waals surface area contributed by atoms with Crippen molar-refractivity contribution in [2.45, 2.75) is 77.5 Å². The molecule has 2 saturated heterocycles. The lowest BCUT2D eigenvalue weighted by Crippen LogP contribution is -2.52.